The quantitative estimate of drug-likeness (QED) is 0.803. The highest BCUT2D eigenvalue weighted by molar-refractivity contribution is 9.10. The highest BCUT2D eigenvalue weighted by Crippen LogP contribution is 2.23. The van der Waals surface area contributed by atoms with Crippen molar-refractivity contribution >= 4 is 45.3 Å². The summed E-state index contributed by atoms with van der Waals surface area (Å²) in [5, 5.41) is 7.21. The van der Waals surface area contributed by atoms with Gasteiger partial charge in [-0.3, -0.25) is 9.59 Å². The second-order valence-corrected chi connectivity index (χ2v) is 7.64. The lowest BCUT2D eigenvalue weighted by molar-refractivity contribution is -0.135. The first kappa shape index (κ1) is 18.0. The van der Waals surface area contributed by atoms with Crippen LogP contribution in [0.25, 0.3) is 0 Å². The van der Waals surface area contributed by atoms with Crippen LogP contribution >= 0.6 is 27.7 Å². The van der Waals surface area contributed by atoms with E-state index in [0.29, 0.717) is 30.4 Å². The highest BCUT2D eigenvalue weighted by atomic mass is 79.9. The number of carbonyl (C=O) groups is 2. The van der Waals surface area contributed by atoms with Gasteiger partial charge < -0.3 is 10.2 Å². The van der Waals surface area contributed by atoms with Crippen molar-refractivity contribution in [2.45, 2.75) is 25.9 Å². The monoisotopic (exact) mass is 422 g/mol. The fourth-order valence-corrected chi connectivity index (χ4v) is 4.09. The molecule has 1 aromatic carbocycles. The van der Waals surface area contributed by atoms with E-state index in [0.717, 1.165) is 10.0 Å². The molecule has 0 saturated carbocycles. The molecule has 6 nitrogen and oxygen atoms in total. The summed E-state index contributed by atoms with van der Waals surface area (Å²) in [5.74, 6) is 1.67. The van der Waals surface area contributed by atoms with E-state index in [9.17, 15) is 9.59 Å². The van der Waals surface area contributed by atoms with Crippen molar-refractivity contribution in [1.82, 2.24) is 14.7 Å². The first-order valence-electron chi connectivity index (χ1n) is 8.03. The molecule has 0 aliphatic carbocycles. The van der Waals surface area contributed by atoms with E-state index in [1.807, 2.05) is 31.2 Å². The zero-order valence-corrected chi connectivity index (χ0v) is 16.2. The van der Waals surface area contributed by atoms with Gasteiger partial charge in [-0.05, 0) is 17.7 Å². The Balaban J connectivity index is 1.69. The summed E-state index contributed by atoms with van der Waals surface area (Å²) in [6.07, 6.45) is 2.07. The van der Waals surface area contributed by atoms with Crippen molar-refractivity contribution in [3.8, 4) is 0 Å². The molecule has 2 aromatic rings. The predicted molar refractivity (Wildman–Crippen MR) is 102 cm³/mol. The number of amides is 2. The van der Waals surface area contributed by atoms with Crippen LogP contribution in [-0.2, 0) is 16.1 Å². The molecule has 0 radical (unpaired) electrons. The smallest absolute Gasteiger partial charge is 0.249 e. The van der Waals surface area contributed by atoms with Gasteiger partial charge in [0.15, 0.2) is 0 Å². The Morgan fingerprint density at radius 2 is 2.08 bits per heavy atom. The van der Waals surface area contributed by atoms with Crippen molar-refractivity contribution in [3.05, 3.63) is 46.6 Å². The van der Waals surface area contributed by atoms with Crippen LogP contribution in [0.3, 0.4) is 0 Å². The summed E-state index contributed by atoms with van der Waals surface area (Å²) in [7, 11) is 0. The van der Waals surface area contributed by atoms with Crippen LogP contribution in [-0.4, -0.2) is 44.2 Å². The average Bonchev–Trinajstić information content (AvgIpc) is 3.26. The molecule has 1 aliphatic heterocycles. The Labute approximate surface area is 159 Å². The zero-order valence-electron chi connectivity index (χ0n) is 13.8. The standard InChI is InChI=1S/C17H19BrN4O2S/c1-2-16(23)21-11-25-10-14(21)17(24)20-15-7-8-19-22(15)9-12-3-5-13(18)6-4-12/h3-8,14H,2,9-11H2,1H3,(H,20,24). The van der Waals surface area contributed by atoms with E-state index in [4.69, 9.17) is 0 Å². The Hall–Kier alpha value is -1.80. The summed E-state index contributed by atoms with van der Waals surface area (Å²) < 4.78 is 2.76. The van der Waals surface area contributed by atoms with E-state index >= 15 is 0 Å². The summed E-state index contributed by atoms with van der Waals surface area (Å²) in [6, 6.07) is 9.31. The van der Waals surface area contributed by atoms with Crippen molar-refractivity contribution in [2.75, 3.05) is 16.9 Å². The van der Waals surface area contributed by atoms with Gasteiger partial charge in [0, 0.05) is 22.7 Å². The van der Waals surface area contributed by atoms with Gasteiger partial charge in [-0.1, -0.05) is 35.0 Å². The van der Waals surface area contributed by atoms with Gasteiger partial charge >= 0.3 is 0 Å². The number of aromatic nitrogens is 2. The summed E-state index contributed by atoms with van der Waals surface area (Å²) in [6.45, 7) is 2.38. The lowest BCUT2D eigenvalue weighted by Crippen LogP contribution is -2.44. The van der Waals surface area contributed by atoms with Crippen LogP contribution in [0.2, 0.25) is 0 Å². The van der Waals surface area contributed by atoms with Crippen LogP contribution < -0.4 is 5.32 Å². The summed E-state index contributed by atoms with van der Waals surface area (Å²) in [4.78, 5) is 26.3. The molecule has 1 unspecified atom stereocenters. The Bertz CT molecular complexity index is 762. The minimum absolute atomic E-state index is 0.00789. The lowest BCUT2D eigenvalue weighted by atomic mass is 10.2. The molecular formula is C17H19BrN4O2S. The van der Waals surface area contributed by atoms with Gasteiger partial charge in [0.25, 0.3) is 0 Å². The SMILES string of the molecule is CCC(=O)N1CSCC1C(=O)Nc1ccnn1Cc1ccc(Br)cc1. The number of halogens is 1. The Morgan fingerprint density at radius 3 is 2.80 bits per heavy atom. The van der Waals surface area contributed by atoms with Crippen LogP contribution in [0, 0.1) is 0 Å². The number of anilines is 1. The van der Waals surface area contributed by atoms with Crippen LogP contribution in [0.5, 0.6) is 0 Å². The maximum absolute atomic E-state index is 12.6. The highest BCUT2D eigenvalue weighted by Gasteiger charge is 2.34. The second kappa shape index (κ2) is 8.05. The number of hydrogen-bond acceptors (Lipinski definition) is 4. The summed E-state index contributed by atoms with van der Waals surface area (Å²) in [5.41, 5.74) is 1.08. The fraction of sp³-hybridized carbons (Fsp3) is 0.353. The molecule has 2 amide bonds. The third kappa shape index (κ3) is 4.24. The van der Waals surface area contributed by atoms with Crippen molar-refractivity contribution in [1.29, 1.82) is 0 Å². The normalized spacial score (nSPS) is 16.9. The first-order valence-corrected chi connectivity index (χ1v) is 9.97. The largest absolute Gasteiger partial charge is 0.321 e. The molecule has 2 heterocycles. The number of rotatable bonds is 5. The molecule has 1 atom stereocenters. The average molecular weight is 423 g/mol. The van der Waals surface area contributed by atoms with E-state index in [1.165, 1.54) is 0 Å². The molecule has 0 bridgehead atoms. The van der Waals surface area contributed by atoms with Gasteiger partial charge in [-0.15, -0.1) is 11.8 Å². The molecule has 3 rings (SSSR count). The van der Waals surface area contributed by atoms with E-state index < -0.39 is 6.04 Å². The third-order valence-electron chi connectivity index (χ3n) is 4.02. The number of carbonyl (C=O) groups excluding carboxylic acids is 2. The topological polar surface area (TPSA) is 67.2 Å². The molecule has 1 aromatic heterocycles. The number of hydrogen-bond donors (Lipinski definition) is 1. The molecule has 8 heteroatoms. The van der Waals surface area contributed by atoms with Crippen LogP contribution in [0.15, 0.2) is 41.0 Å². The third-order valence-corrected chi connectivity index (χ3v) is 5.56. The van der Waals surface area contributed by atoms with Crippen LogP contribution in [0.4, 0.5) is 5.82 Å². The number of benzene rings is 1. The molecule has 1 fully saturated rings. The number of thioether (sulfide) groups is 1. The maximum atomic E-state index is 12.6. The predicted octanol–water partition coefficient (Wildman–Crippen LogP) is 2.94. The Kier molecular flexibility index (Phi) is 5.80. The molecular weight excluding hydrogens is 404 g/mol. The van der Waals surface area contributed by atoms with E-state index in [2.05, 4.69) is 26.3 Å². The lowest BCUT2D eigenvalue weighted by Gasteiger charge is -2.22. The van der Waals surface area contributed by atoms with Gasteiger partial charge in [0.05, 0.1) is 18.6 Å². The van der Waals surface area contributed by atoms with Crippen molar-refractivity contribution in [3.63, 3.8) is 0 Å². The van der Waals surface area contributed by atoms with Gasteiger partial charge in [-0.25, -0.2) is 4.68 Å². The maximum Gasteiger partial charge on any atom is 0.249 e. The minimum Gasteiger partial charge on any atom is -0.321 e. The van der Waals surface area contributed by atoms with E-state index in [-0.39, 0.29) is 11.8 Å². The fourth-order valence-electron chi connectivity index (χ4n) is 2.65. The Morgan fingerprint density at radius 1 is 1.32 bits per heavy atom. The molecule has 1 saturated heterocycles. The van der Waals surface area contributed by atoms with Crippen molar-refractivity contribution in [2.24, 2.45) is 0 Å². The van der Waals surface area contributed by atoms with Crippen LogP contribution in [0.1, 0.15) is 18.9 Å². The minimum atomic E-state index is -0.423. The summed E-state index contributed by atoms with van der Waals surface area (Å²) >= 11 is 5.02. The van der Waals surface area contributed by atoms with Crippen molar-refractivity contribution < 1.29 is 9.59 Å². The zero-order chi connectivity index (χ0) is 17.8. The number of nitrogens with one attached hydrogen (secondary N) is 1. The molecule has 132 valence electrons. The van der Waals surface area contributed by atoms with Gasteiger partial charge in [0.1, 0.15) is 11.9 Å². The van der Waals surface area contributed by atoms with Gasteiger partial charge in [0.2, 0.25) is 11.8 Å². The molecule has 1 N–H and O–H groups in total. The molecule has 0 spiro atoms. The second-order valence-electron chi connectivity index (χ2n) is 5.72. The van der Waals surface area contributed by atoms with E-state index in [1.54, 1.807) is 33.6 Å². The number of nitrogens with zero attached hydrogens (tertiary/aromatic N) is 3. The molecule has 1 aliphatic rings. The van der Waals surface area contributed by atoms with Gasteiger partial charge in [-0.2, -0.15) is 5.10 Å². The first-order chi connectivity index (χ1) is 12.1. The molecule has 25 heavy (non-hydrogen) atoms.